The molecule has 0 amide bonds. The van der Waals surface area contributed by atoms with Crippen molar-refractivity contribution in [1.82, 2.24) is 19.1 Å². The molecule has 72 valence electrons. The van der Waals surface area contributed by atoms with Gasteiger partial charge in [0.15, 0.2) is 0 Å². The van der Waals surface area contributed by atoms with E-state index < -0.39 is 0 Å². The number of hydrogen-bond acceptors (Lipinski definition) is 3. The van der Waals surface area contributed by atoms with E-state index in [0.29, 0.717) is 0 Å². The molecule has 0 spiro atoms. The average molecular weight is 322 g/mol. The van der Waals surface area contributed by atoms with Gasteiger partial charge in [-0.15, -0.1) is 0 Å². The van der Waals surface area contributed by atoms with E-state index in [1.807, 2.05) is 22.6 Å². The molecule has 2 aromatic heterocycles. The van der Waals surface area contributed by atoms with E-state index in [-0.39, 0.29) is 11.2 Å². The van der Waals surface area contributed by atoms with Gasteiger partial charge in [0.05, 0.1) is 6.20 Å². The molecule has 0 radical (unpaired) electrons. The summed E-state index contributed by atoms with van der Waals surface area (Å²) in [7, 11) is 0. The summed E-state index contributed by atoms with van der Waals surface area (Å²) in [6, 6.07) is -0.264. The minimum absolute atomic E-state index is 0.264. The van der Waals surface area contributed by atoms with Gasteiger partial charge in [-0.05, 0) is 22.6 Å². The van der Waals surface area contributed by atoms with Gasteiger partial charge in [-0.1, -0.05) is 11.6 Å². The van der Waals surface area contributed by atoms with Crippen molar-refractivity contribution >= 4 is 40.2 Å². The van der Waals surface area contributed by atoms with Gasteiger partial charge in [0.2, 0.25) is 0 Å². The van der Waals surface area contributed by atoms with E-state index in [1.165, 1.54) is 28.0 Å². The fourth-order valence-electron chi connectivity index (χ4n) is 0.940. The van der Waals surface area contributed by atoms with Crippen molar-refractivity contribution in [3.8, 4) is 0 Å². The number of nitrogens with zero attached hydrogens (tertiary/aromatic N) is 4. The van der Waals surface area contributed by atoms with Crippen molar-refractivity contribution in [1.29, 1.82) is 0 Å². The first kappa shape index (κ1) is 9.66. The number of halogens is 2. The fraction of sp³-hybridized carbons (Fsp3) is 0. The Kier molecular flexibility index (Phi) is 2.55. The SMILES string of the molecule is O=C(n1cnc(Cl)c1)n1cnc(I)c1. The average Bonchev–Trinajstić information content (AvgIpc) is 2.73. The van der Waals surface area contributed by atoms with Gasteiger partial charge in [0.1, 0.15) is 21.5 Å². The monoisotopic (exact) mass is 322 g/mol. The Hall–Kier alpha value is -0.890. The highest BCUT2D eigenvalue weighted by Crippen LogP contribution is 2.05. The first-order valence-corrected chi connectivity index (χ1v) is 5.06. The van der Waals surface area contributed by atoms with Gasteiger partial charge < -0.3 is 0 Å². The van der Waals surface area contributed by atoms with E-state index in [2.05, 4.69) is 9.97 Å². The van der Waals surface area contributed by atoms with Crippen LogP contribution < -0.4 is 0 Å². The van der Waals surface area contributed by atoms with Crippen LogP contribution in [-0.4, -0.2) is 25.1 Å². The Morgan fingerprint density at radius 3 is 2.43 bits per heavy atom. The standard InChI is InChI=1S/C7H4ClIN4O/c8-5-1-12(3-10-5)7(14)13-2-6(9)11-4-13/h1-4H. The second-order valence-corrected chi connectivity index (χ2v) is 3.98. The summed E-state index contributed by atoms with van der Waals surface area (Å²) < 4.78 is 3.40. The Balaban J connectivity index is 2.33. The lowest BCUT2D eigenvalue weighted by atomic mass is 10.8. The van der Waals surface area contributed by atoms with Crippen LogP contribution in [0.25, 0.3) is 0 Å². The number of carbonyl (C=O) groups is 1. The number of aromatic nitrogens is 4. The summed E-state index contributed by atoms with van der Waals surface area (Å²) in [5, 5.41) is 0.285. The second kappa shape index (κ2) is 3.70. The number of rotatable bonds is 0. The summed E-state index contributed by atoms with van der Waals surface area (Å²) in [5.41, 5.74) is 0. The van der Waals surface area contributed by atoms with E-state index in [9.17, 15) is 4.79 Å². The minimum atomic E-state index is -0.264. The molecule has 0 N–H and O–H groups in total. The van der Waals surface area contributed by atoms with Crippen molar-refractivity contribution in [2.24, 2.45) is 0 Å². The molecule has 0 aliphatic rings. The highest BCUT2D eigenvalue weighted by molar-refractivity contribution is 14.1. The van der Waals surface area contributed by atoms with Crippen LogP contribution in [0.3, 0.4) is 0 Å². The maximum Gasteiger partial charge on any atom is 0.338 e. The zero-order chi connectivity index (χ0) is 10.1. The Bertz CT molecular complexity index is 435. The van der Waals surface area contributed by atoms with Crippen LogP contribution in [0.2, 0.25) is 5.15 Å². The first-order valence-electron chi connectivity index (χ1n) is 3.60. The van der Waals surface area contributed by atoms with Gasteiger partial charge in [0, 0.05) is 6.20 Å². The molecule has 0 fully saturated rings. The molecule has 0 bridgehead atoms. The van der Waals surface area contributed by atoms with Gasteiger partial charge in [-0.3, -0.25) is 9.13 Å². The molecule has 2 rings (SSSR count). The maximum absolute atomic E-state index is 11.7. The smallest absolute Gasteiger partial charge is 0.256 e. The Labute approximate surface area is 97.9 Å². The Morgan fingerprint density at radius 2 is 1.93 bits per heavy atom. The van der Waals surface area contributed by atoms with E-state index in [4.69, 9.17) is 11.6 Å². The van der Waals surface area contributed by atoms with Crippen LogP contribution >= 0.6 is 34.2 Å². The van der Waals surface area contributed by atoms with Crippen LogP contribution in [0.1, 0.15) is 0 Å². The molecular weight excluding hydrogens is 318 g/mol. The molecule has 0 atom stereocenters. The molecule has 0 saturated carbocycles. The zero-order valence-electron chi connectivity index (χ0n) is 6.76. The molecule has 0 saturated heterocycles. The fourth-order valence-corrected chi connectivity index (χ4v) is 1.51. The van der Waals surface area contributed by atoms with Crippen LogP contribution in [0.4, 0.5) is 4.79 Å². The van der Waals surface area contributed by atoms with Gasteiger partial charge >= 0.3 is 6.03 Å². The van der Waals surface area contributed by atoms with E-state index in [0.717, 1.165) is 3.70 Å². The van der Waals surface area contributed by atoms with E-state index >= 15 is 0 Å². The number of carbonyl (C=O) groups excluding carboxylic acids is 1. The zero-order valence-corrected chi connectivity index (χ0v) is 9.68. The summed E-state index contributed by atoms with van der Waals surface area (Å²) in [4.78, 5) is 19.3. The topological polar surface area (TPSA) is 52.7 Å². The molecule has 2 heterocycles. The lowest BCUT2D eigenvalue weighted by molar-refractivity contribution is 0.244. The molecule has 0 unspecified atom stereocenters. The van der Waals surface area contributed by atoms with Gasteiger partial charge in [-0.2, -0.15) is 0 Å². The quantitative estimate of drug-likeness (QED) is 0.696. The predicted molar refractivity (Wildman–Crippen MR) is 58.4 cm³/mol. The summed E-state index contributed by atoms with van der Waals surface area (Å²) in [6.07, 6.45) is 5.86. The number of hydrogen-bond donors (Lipinski definition) is 0. The third-order valence-corrected chi connectivity index (χ3v) is 2.30. The molecular formula is C7H4ClIN4O. The van der Waals surface area contributed by atoms with Crippen LogP contribution in [0, 0.1) is 3.70 Å². The van der Waals surface area contributed by atoms with Crippen molar-refractivity contribution in [3.63, 3.8) is 0 Å². The normalized spacial score (nSPS) is 10.4. The van der Waals surface area contributed by atoms with Crippen LogP contribution in [-0.2, 0) is 0 Å². The lowest BCUT2D eigenvalue weighted by Gasteiger charge is -1.98. The summed E-state index contributed by atoms with van der Waals surface area (Å²) in [6.45, 7) is 0. The third-order valence-electron chi connectivity index (χ3n) is 1.54. The molecule has 0 aliphatic carbocycles. The molecule has 0 aromatic carbocycles. The second-order valence-electron chi connectivity index (χ2n) is 2.49. The molecule has 7 heteroatoms. The molecule has 0 aliphatic heterocycles. The first-order chi connectivity index (χ1) is 6.66. The summed E-state index contributed by atoms with van der Waals surface area (Å²) >= 11 is 7.61. The van der Waals surface area contributed by atoms with Crippen LogP contribution in [0.5, 0.6) is 0 Å². The third kappa shape index (κ3) is 1.80. The predicted octanol–water partition coefficient (Wildman–Crippen LogP) is 1.85. The van der Waals surface area contributed by atoms with Crippen molar-refractivity contribution in [2.45, 2.75) is 0 Å². The number of imidazole rings is 2. The highest BCUT2D eigenvalue weighted by atomic mass is 127. The molecule has 2 aromatic rings. The largest absolute Gasteiger partial charge is 0.338 e. The summed E-state index contributed by atoms with van der Waals surface area (Å²) in [5.74, 6) is 0. The maximum atomic E-state index is 11.7. The van der Waals surface area contributed by atoms with Gasteiger partial charge in [0.25, 0.3) is 0 Å². The van der Waals surface area contributed by atoms with Crippen molar-refractivity contribution in [2.75, 3.05) is 0 Å². The van der Waals surface area contributed by atoms with Crippen LogP contribution in [0.15, 0.2) is 25.0 Å². The van der Waals surface area contributed by atoms with Crippen molar-refractivity contribution in [3.05, 3.63) is 33.9 Å². The Morgan fingerprint density at radius 1 is 1.29 bits per heavy atom. The molecule has 14 heavy (non-hydrogen) atoms. The molecule has 5 nitrogen and oxygen atoms in total. The lowest BCUT2D eigenvalue weighted by Crippen LogP contribution is -2.15. The van der Waals surface area contributed by atoms with Crippen molar-refractivity contribution < 1.29 is 4.79 Å². The van der Waals surface area contributed by atoms with Gasteiger partial charge in [-0.25, -0.2) is 14.8 Å². The minimum Gasteiger partial charge on any atom is -0.256 e. The highest BCUT2D eigenvalue weighted by Gasteiger charge is 2.08. The van der Waals surface area contributed by atoms with E-state index in [1.54, 1.807) is 6.20 Å².